The monoisotopic (exact) mass is 397 g/mol. The fraction of sp³-hybridized carbons (Fsp3) is 0.190. The number of halogens is 1. The first-order valence-corrected chi connectivity index (χ1v) is 9.10. The SMILES string of the molecule is Cc1c(C(=O)NCc2ccc(C(=O)O)cc2)c(Cc2cccc(Cl)c2)nn1C. The van der Waals surface area contributed by atoms with Crippen LogP contribution in [0.5, 0.6) is 0 Å². The second-order valence-electron chi connectivity index (χ2n) is 6.52. The van der Waals surface area contributed by atoms with Crippen molar-refractivity contribution in [3.05, 3.63) is 87.2 Å². The van der Waals surface area contributed by atoms with Crippen LogP contribution in [-0.4, -0.2) is 26.8 Å². The number of rotatable bonds is 6. The van der Waals surface area contributed by atoms with Crippen molar-refractivity contribution in [2.24, 2.45) is 7.05 Å². The lowest BCUT2D eigenvalue weighted by Crippen LogP contribution is -2.24. The molecule has 0 aliphatic carbocycles. The molecule has 7 heteroatoms. The van der Waals surface area contributed by atoms with E-state index >= 15 is 0 Å². The number of nitrogens with zero attached hydrogens (tertiary/aromatic N) is 2. The van der Waals surface area contributed by atoms with Gasteiger partial charge in [0.1, 0.15) is 0 Å². The molecule has 0 bridgehead atoms. The Balaban J connectivity index is 1.76. The lowest BCUT2D eigenvalue weighted by Gasteiger charge is -2.08. The largest absolute Gasteiger partial charge is 0.478 e. The zero-order valence-corrected chi connectivity index (χ0v) is 16.3. The molecule has 0 spiro atoms. The Morgan fingerprint density at radius 1 is 1.14 bits per heavy atom. The molecule has 1 heterocycles. The van der Waals surface area contributed by atoms with Crippen LogP contribution >= 0.6 is 11.6 Å². The van der Waals surface area contributed by atoms with Crippen LogP contribution in [0.4, 0.5) is 0 Å². The molecule has 2 aromatic carbocycles. The molecule has 28 heavy (non-hydrogen) atoms. The molecule has 3 aromatic rings. The zero-order valence-electron chi connectivity index (χ0n) is 15.6. The molecule has 0 aliphatic heterocycles. The van der Waals surface area contributed by atoms with Gasteiger partial charge in [0.05, 0.1) is 16.8 Å². The summed E-state index contributed by atoms with van der Waals surface area (Å²) in [7, 11) is 1.80. The molecule has 0 saturated carbocycles. The Bertz CT molecular complexity index is 1030. The van der Waals surface area contributed by atoms with Gasteiger partial charge in [0.2, 0.25) is 0 Å². The highest BCUT2D eigenvalue weighted by atomic mass is 35.5. The van der Waals surface area contributed by atoms with Gasteiger partial charge in [0, 0.05) is 30.7 Å². The van der Waals surface area contributed by atoms with Crippen molar-refractivity contribution in [3.63, 3.8) is 0 Å². The minimum Gasteiger partial charge on any atom is -0.478 e. The first-order chi connectivity index (χ1) is 13.3. The summed E-state index contributed by atoms with van der Waals surface area (Å²) < 4.78 is 1.69. The van der Waals surface area contributed by atoms with E-state index in [2.05, 4.69) is 10.4 Å². The number of carbonyl (C=O) groups is 2. The Labute approximate surface area is 167 Å². The Morgan fingerprint density at radius 2 is 1.86 bits per heavy atom. The second kappa shape index (κ2) is 8.27. The number of carbonyl (C=O) groups excluding carboxylic acids is 1. The van der Waals surface area contributed by atoms with E-state index in [1.165, 1.54) is 12.1 Å². The fourth-order valence-electron chi connectivity index (χ4n) is 2.97. The molecule has 144 valence electrons. The van der Waals surface area contributed by atoms with E-state index in [0.717, 1.165) is 16.8 Å². The molecule has 0 saturated heterocycles. The number of aryl methyl sites for hydroxylation is 1. The van der Waals surface area contributed by atoms with Crippen molar-refractivity contribution >= 4 is 23.5 Å². The number of hydrogen-bond acceptors (Lipinski definition) is 3. The predicted molar refractivity (Wildman–Crippen MR) is 107 cm³/mol. The third-order valence-corrected chi connectivity index (χ3v) is 4.78. The Morgan fingerprint density at radius 3 is 2.50 bits per heavy atom. The molecule has 0 radical (unpaired) electrons. The van der Waals surface area contributed by atoms with Crippen LogP contribution in [0.15, 0.2) is 48.5 Å². The number of carboxylic acid groups (broad SMARTS) is 1. The summed E-state index contributed by atoms with van der Waals surface area (Å²) in [4.78, 5) is 23.7. The van der Waals surface area contributed by atoms with Gasteiger partial charge in [-0.1, -0.05) is 35.9 Å². The molecule has 1 aromatic heterocycles. The van der Waals surface area contributed by atoms with Gasteiger partial charge in [0.15, 0.2) is 0 Å². The van der Waals surface area contributed by atoms with Gasteiger partial charge in [-0.2, -0.15) is 5.10 Å². The smallest absolute Gasteiger partial charge is 0.335 e. The van der Waals surface area contributed by atoms with E-state index in [0.29, 0.717) is 29.2 Å². The van der Waals surface area contributed by atoms with Crippen LogP contribution in [0, 0.1) is 6.92 Å². The quantitative estimate of drug-likeness (QED) is 0.665. The average molecular weight is 398 g/mol. The topological polar surface area (TPSA) is 84.2 Å². The summed E-state index contributed by atoms with van der Waals surface area (Å²) in [5.41, 5.74) is 4.00. The molecule has 0 aliphatic rings. The Kier molecular flexibility index (Phi) is 5.80. The minimum atomic E-state index is -0.979. The van der Waals surface area contributed by atoms with E-state index < -0.39 is 5.97 Å². The molecule has 0 unspecified atom stereocenters. The van der Waals surface area contributed by atoms with Crippen molar-refractivity contribution in [1.29, 1.82) is 0 Å². The number of aromatic nitrogens is 2. The van der Waals surface area contributed by atoms with Gasteiger partial charge in [-0.05, 0) is 42.3 Å². The van der Waals surface area contributed by atoms with Crippen LogP contribution in [0.2, 0.25) is 5.02 Å². The molecule has 2 N–H and O–H groups in total. The third-order valence-electron chi connectivity index (χ3n) is 4.55. The van der Waals surface area contributed by atoms with Gasteiger partial charge in [-0.3, -0.25) is 9.48 Å². The second-order valence-corrected chi connectivity index (χ2v) is 6.96. The van der Waals surface area contributed by atoms with Crippen molar-refractivity contribution in [1.82, 2.24) is 15.1 Å². The van der Waals surface area contributed by atoms with Gasteiger partial charge in [-0.15, -0.1) is 0 Å². The third kappa shape index (κ3) is 4.40. The van der Waals surface area contributed by atoms with E-state index in [4.69, 9.17) is 16.7 Å². The average Bonchev–Trinajstić information content (AvgIpc) is 2.93. The van der Waals surface area contributed by atoms with Crippen LogP contribution < -0.4 is 5.32 Å². The fourth-order valence-corrected chi connectivity index (χ4v) is 3.18. The van der Waals surface area contributed by atoms with Gasteiger partial charge in [0.25, 0.3) is 5.91 Å². The molecule has 6 nitrogen and oxygen atoms in total. The number of nitrogens with one attached hydrogen (secondary N) is 1. The molecule has 0 fully saturated rings. The number of benzene rings is 2. The molecular formula is C21H20ClN3O3. The van der Waals surface area contributed by atoms with Crippen LogP contribution in [0.1, 0.15) is 43.2 Å². The summed E-state index contributed by atoms with van der Waals surface area (Å²) in [5.74, 6) is -1.20. The summed E-state index contributed by atoms with van der Waals surface area (Å²) in [6, 6.07) is 13.9. The molecular weight excluding hydrogens is 378 g/mol. The molecule has 3 rings (SSSR count). The first-order valence-electron chi connectivity index (χ1n) is 8.72. The lowest BCUT2D eigenvalue weighted by atomic mass is 10.0. The van der Waals surface area contributed by atoms with Gasteiger partial charge < -0.3 is 10.4 Å². The molecule has 1 amide bonds. The van der Waals surface area contributed by atoms with Gasteiger partial charge in [-0.25, -0.2) is 4.79 Å². The van der Waals surface area contributed by atoms with Crippen LogP contribution in [0.25, 0.3) is 0 Å². The summed E-state index contributed by atoms with van der Waals surface area (Å²) >= 11 is 6.06. The predicted octanol–water partition coefficient (Wildman–Crippen LogP) is 3.60. The highest BCUT2D eigenvalue weighted by molar-refractivity contribution is 6.30. The first kappa shape index (κ1) is 19.6. The highest BCUT2D eigenvalue weighted by Gasteiger charge is 2.20. The maximum atomic E-state index is 12.8. The Hall–Kier alpha value is -3.12. The summed E-state index contributed by atoms with van der Waals surface area (Å²) in [5, 5.41) is 17.0. The van der Waals surface area contributed by atoms with Crippen LogP contribution in [0.3, 0.4) is 0 Å². The number of hydrogen-bond donors (Lipinski definition) is 2. The zero-order chi connectivity index (χ0) is 20.3. The van der Waals surface area contributed by atoms with Crippen LogP contribution in [-0.2, 0) is 20.0 Å². The number of aromatic carboxylic acids is 1. The summed E-state index contributed by atoms with van der Waals surface area (Å²) in [6.07, 6.45) is 0.498. The van der Waals surface area contributed by atoms with E-state index in [1.54, 1.807) is 29.9 Å². The van der Waals surface area contributed by atoms with E-state index in [-0.39, 0.29) is 11.5 Å². The van der Waals surface area contributed by atoms with Gasteiger partial charge >= 0.3 is 5.97 Å². The summed E-state index contributed by atoms with van der Waals surface area (Å²) in [6.45, 7) is 2.15. The van der Waals surface area contributed by atoms with Crippen molar-refractivity contribution < 1.29 is 14.7 Å². The maximum absolute atomic E-state index is 12.8. The lowest BCUT2D eigenvalue weighted by molar-refractivity contribution is 0.0696. The minimum absolute atomic E-state index is 0.210. The van der Waals surface area contributed by atoms with Crippen molar-refractivity contribution in [3.8, 4) is 0 Å². The van der Waals surface area contributed by atoms with E-state index in [9.17, 15) is 9.59 Å². The van der Waals surface area contributed by atoms with Crippen molar-refractivity contribution in [2.75, 3.05) is 0 Å². The molecule has 0 atom stereocenters. The normalized spacial score (nSPS) is 10.7. The maximum Gasteiger partial charge on any atom is 0.335 e. The highest BCUT2D eigenvalue weighted by Crippen LogP contribution is 2.19. The standard InChI is InChI=1S/C21H20ClN3O3/c1-13-19(18(24-25(13)2)11-15-4-3-5-17(22)10-15)20(26)23-12-14-6-8-16(9-7-14)21(27)28/h3-10H,11-12H2,1-2H3,(H,23,26)(H,27,28). The van der Waals surface area contributed by atoms with Crippen molar-refractivity contribution in [2.45, 2.75) is 19.9 Å². The number of amides is 1. The number of carboxylic acids is 1. The van der Waals surface area contributed by atoms with E-state index in [1.807, 2.05) is 25.1 Å².